The molecule has 1 N–H and O–H groups in total. The Bertz CT molecular complexity index is 607. The van der Waals surface area contributed by atoms with E-state index in [1.165, 1.54) is 51.1 Å². The lowest BCUT2D eigenvalue weighted by Gasteiger charge is -2.35. The van der Waals surface area contributed by atoms with Crippen molar-refractivity contribution < 1.29 is 4.74 Å². The quantitative estimate of drug-likeness (QED) is 0.382. The minimum Gasteiger partial charge on any atom is -0.378 e. The highest BCUT2D eigenvalue weighted by Gasteiger charge is 2.21. The number of nitrogens with zero attached hydrogens (tertiary/aromatic N) is 4. The predicted octanol–water partition coefficient (Wildman–Crippen LogP) is 2.66. The Morgan fingerprint density at radius 1 is 1.00 bits per heavy atom. The van der Waals surface area contributed by atoms with Crippen molar-refractivity contribution in [2.24, 2.45) is 4.99 Å². The summed E-state index contributed by atoms with van der Waals surface area (Å²) in [6.07, 6.45) is 5.07. The molecule has 6 nitrogen and oxygen atoms in total. The van der Waals surface area contributed by atoms with Crippen LogP contribution < -0.4 is 5.32 Å². The molecule has 0 atom stereocenters. The molecular weight excluding hydrogens is 374 g/mol. The van der Waals surface area contributed by atoms with E-state index in [1.54, 1.807) is 0 Å². The fourth-order valence-electron chi connectivity index (χ4n) is 4.48. The topological polar surface area (TPSA) is 43.3 Å². The van der Waals surface area contributed by atoms with Crippen LogP contribution in [0.2, 0.25) is 0 Å². The van der Waals surface area contributed by atoms with E-state index < -0.39 is 0 Å². The van der Waals surface area contributed by atoms with Crippen LogP contribution in [0.25, 0.3) is 0 Å². The van der Waals surface area contributed by atoms with E-state index in [2.05, 4.69) is 62.3 Å². The smallest absolute Gasteiger partial charge is 0.193 e. The molecule has 1 aromatic rings. The van der Waals surface area contributed by atoms with Gasteiger partial charge in [0, 0.05) is 66.0 Å². The molecule has 30 heavy (non-hydrogen) atoms. The number of rotatable bonds is 9. The minimum absolute atomic E-state index is 0.428. The SMILES string of the molecule is CCOC1CCN(C(=NC)NCCCCN2CCN(Cc3ccccc3)CC2)CC1. The molecule has 2 heterocycles. The van der Waals surface area contributed by atoms with Gasteiger partial charge in [0.25, 0.3) is 0 Å². The Morgan fingerprint density at radius 2 is 1.70 bits per heavy atom. The molecule has 0 radical (unpaired) electrons. The summed E-state index contributed by atoms with van der Waals surface area (Å²) in [5.41, 5.74) is 1.42. The van der Waals surface area contributed by atoms with E-state index in [4.69, 9.17) is 4.74 Å². The molecule has 0 spiro atoms. The monoisotopic (exact) mass is 415 g/mol. The van der Waals surface area contributed by atoms with Crippen LogP contribution in [0.3, 0.4) is 0 Å². The van der Waals surface area contributed by atoms with Crippen molar-refractivity contribution in [3.8, 4) is 0 Å². The number of benzene rings is 1. The summed E-state index contributed by atoms with van der Waals surface area (Å²) in [6, 6.07) is 10.8. The molecule has 1 aromatic carbocycles. The number of unbranched alkanes of at least 4 members (excludes halogenated alkanes) is 1. The average Bonchev–Trinajstić information content (AvgIpc) is 2.79. The van der Waals surface area contributed by atoms with E-state index in [-0.39, 0.29) is 0 Å². The lowest BCUT2D eigenvalue weighted by Crippen LogP contribution is -2.47. The molecule has 2 aliphatic heterocycles. The van der Waals surface area contributed by atoms with Crippen LogP contribution in [0.15, 0.2) is 35.3 Å². The summed E-state index contributed by atoms with van der Waals surface area (Å²) in [4.78, 5) is 12.1. The number of likely N-dealkylation sites (tertiary alicyclic amines) is 1. The van der Waals surface area contributed by atoms with Crippen molar-refractivity contribution in [1.82, 2.24) is 20.0 Å². The summed E-state index contributed by atoms with van der Waals surface area (Å²) < 4.78 is 5.76. The third kappa shape index (κ3) is 7.56. The van der Waals surface area contributed by atoms with E-state index >= 15 is 0 Å². The highest BCUT2D eigenvalue weighted by Crippen LogP contribution is 2.14. The standard InChI is InChI=1S/C24H41N5O/c1-3-30-23-11-15-29(16-12-23)24(25-2)26-13-7-8-14-27-17-19-28(20-18-27)21-22-9-5-4-6-10-22/h4-6,9-10,23H,3,7-8,11-21H2,1-2H3,(H,25,26). The van der Waals surface area contributed by atoms with Gasteiger partial charge in [-0.2, -0.15) is 0 Å². The van der Waals surface area contributed by atoms with E-state index in [9.17, 15) is 0 Å². The van der Waals surface area contributed by atoms with Gasteiger partial charge in [0.2, 0.25) is 0 Å². The first-order valence-electron chi connectivity index (χ1n) is 11.8. The van der Waals surface area contributed by atoms with Crippen LogP contribution in [0.5, 0.6) is 0 Å². The molecule has 6 heteroatoms. The van der Waals surface area contributed by atoms with E-state index in [0.717, 1.165) is 51.6 Å². The number of guanidine groups is 1. The average molecular weight is 416 g/mol. The van der Waals surface area contributed by atoms with E-state index in [0.29, 0.717) is 6.10 Å². The van der Waals surface area contributed by atoms with Gasteiger partial charge in [-0.1, -0.05) is 30.3 Å². The molecule has 0 bridgehead atoms. The first-order chi connectivity index (χ1) is 14.8. The summed E-state index contributed by atoms with van der Waals surface area (Å²) in [6.45, 7) is 13.0. The van der Waals surface area contributed by atoms with Gasteiger partial charge in [-0.25, -0.2) is 0 Å². The Morgan fingerprint density at radius 3 is 2.37 bits per heavy atom. The van der Waals surface area contributed by atoms with E-state index in [1.807, 2.05) is 7.05 Å². The Hall–Kier alpha value is -1.63. The van der Waals surface area contributed by atoms with Crippen molar-refractivity contribution in [2.75, 3.05) is 66.0 Å². The number of piperidine rings is 1. The molecular formula is C24H41N5O. The fourth-order valence-corrected chi connectivity index (χ4v) is 4.48. The molecule has 0 saturated carbocycles. The maximum atomic E-state index is 5.76. The van der Waals surface area contributed by atoms with Crippen molar-refractivity contribution in [2.45, 2.75) is 45.3 Å². The predicted molar refractivity (Wildman–Crippen MR) is 125 cm³/mol. The molecule has 2 fully saturated rings. The van der Waals surface area contributed by atoms with Gasteiger partial charge in [-0.05, 0) is 44.7 Å². The number of ether oxygens (including phenoxy) is 1. The summed E-state index contributed by atoms with van der Waals surface area (Å²) >= 11 is 0. The number of piperazine rings is 1. The van der Waals surface area contributed by atoms with Gasteiger partial charge >= 0.3 is 0 Å². The van der Waals surface area contributed by atoms with Gasteiger partial charge in [0.1, 0.15) is 0 Å². The summed E-state index contributed by atoms with van der Waals surface area (Å²) in [7, 11) is 1.89. The van der Waals surface area contributed by atoms with Crippen molar-refractivity contribution in [3.63, 3.8) is 0 Å². The van der Waals surface area contributed by atoms with Crippen molar-refractivity contribution >= 4 is 5.96 Å². The maximum absolute atomic E-state index is 5.76. The number of hydrogen-bond donors (Lipinski definition) is 1. The Kier molecular flexibility index (Phi) is 9.93. The first-order valence-corrected chi connectivity index (χ1v) is 11.8. The third-order valence-electron chi connectivity index (χ3n) is 6.25. The Balaban J connectivity index is 1.24. The zero-order chi connectivity index (χ0) is 21.0. The first kappa shape index (κ1) is 23.0. The number of nitrogens with one attached hydrogen (secondary N) is 1. The minimum atomic E-state index is 0.428. The third-order valence-corrected chi connectivity index (χ3v) is 6.25. The van der Waals surface area contributed by atoms with Crippen LogP contribution in [0.4, 0.5) is 0 Å². The highest BCUT2D eigenvalue weighted by atomic mass is 16.5. The molecule has 2 saturated heterocycles. The zero-order valence-electron chi connectivity index (χ0n) is 19.1. The molecule has 3 rings (SSSR count). The highest BCUT2D eigenvalue weighted by molar-refractivity contribution is 5.79. The van der Waals surface area contributed by atoms with Gasteiger partial charge in [-0.15, -0.1) is 0 Å². The fraction of sp³-hybridized carbons (Fsp3) is 0.708. The molecule has 0 unspecified atom stereocenters. The van der Waals surface area contributed by atoms with Crippen molar-refractivity contribution in [1.29, 1.82) is 0 Å². The largest absolute Gasteiger partial charge is 0.378 e. The van der Waals surface area contributed by atoms with Crippen LogP contribution in [0.1, 0.15) is 38.2 Å². The molecule has 0 aromatic heterocycles. The Labute approximate surface area is 183 Å². The lowest BCUT2D eigenvalue weighted by molar-refractivity contribution is 0.0264. The summed E-state index contributed by atoms with van der Waals surface area (Å²) in [5.74, 6) is 1.06. The summed E-state index contributed by atoms with van der Waals surface area (Å²) in [5, 5.41) is 3.57. The molecule has 2 aliphatic rings. The molecule has 0 amide bonds. The normalized spacial score (nSPS) is 19.9. The second-order valence-electron chi connectivity index (χ2n) is 8.43. The van der Waals surface area contributed by atoms with Gasteiger partial charge in [-0.3, -0.25) is 9.89 Å². The number of aliphatic imine (C=N–C) groups is 1. The second-order valence-corrected chi connectivity index (χ2v) is 8.43. The van der Waals surface area contributed by atoms with Gasteiger partial charge in [0.15, 0.2) is 5.96 Å². The van der Waals surface area contributed by atoms with Gasteiger partial charge < -0.3 is 19.9 Å². The van der Waals surface area contributed by atoms with Crippen LogP contribution in [-0.4, -0.2) is 92.8 Å². The van der Waals surface area contributed by atoms with Crippen molar-refractivity contribution in [3.05, 3.63) is 35.9 Å². The van der Waals surface area contributed by atoms with Crippen LogP contribution in [-0.2, 0) is 11.3 Å². The molecule has 168 valence electrons. The lowest BCUT2D eigenvalue weighted by atomic mass is 10.1. The van der Waals surface area contributed by atoms with Gasteiger partial charge in [0.05, 0.1) is 6.10 Å². The number of hydrogen-bond acceptors (Lipinski definition) is 4. The van der Waals surface area contributed by atoms with Crippen LogP contribution >= 0.6 is 0 Å². The molecule has 0 aliphatic carbocycles. The maximum Gasteiger partial charge on any atom is 0.193 e. The van der Waals surface area contributed by atoms with Crippen LogP contribution in [0, 0.1) is 0 Å². The zero-order valence-corrected chi connectivity index (χ0v) is 19.1. The second kappa shape index (κ2) is 12.9.